The lowest BCUT2D eigenvalue weighted by atomic mass is 10.2. The predicted molar refractivity (Wildman–Crippen MR) is 101 cm³/mol. The van der Waals surface area contributed by atoms with Gasteiger partial charge < -0.3 is 5.32 Å². The molecule has 2 aromatic carbocycles. The summed E-state index contributed by atoms with van der Waals surface area (Å²) in [6.45, 7) is 1.63. The van der Waals surface area contributed by atoms with E-state index in [1.165, 1.54) is 12.1 Å². The molecule has 0 aliphatic carbocycles. The second-order valence-electron chi connectivity index (χ2n) is 5.27. The monoisotopic (exact) mass is 438 g/mol. The van der Waals surface area contributed by atoms with Gasteiger partial charge in [-0.25, -0.2) is 12.8 Å². The molecule has 2 N–H and O–H groups in total. The molecule has 10 heteroatoms. The van der Waals surface area contributed by atoms with Crippen molar-refractivity contribution in [1.29, 1.82) is 0 Å². The van der Waals surface area contributed by atoms with Gasteiger partial charge in [-0.3, -0.25) is 4.79 Å². The van der Waals surface area contributed by atoms with Crippen molar-refractivity contribution in [2.24, 2.45) is 0 Å². The maximum absolute atomic E-state index is 13.0. The molecular weight excluding hydrogens is 426 g/mol. The zero-order valence-corrected chi connectivity index (χ0v) is 16.5. The minimum Gasteiger partial charge on any atom is -0.322 e. The summed E-state index contributed by atoms with van der Waals surface area (Å²) in [5, 5.41) is 3.02. The normalized spacial score (nSPS) is 12.7. The Morgan fingerprint density at radius 1 is 1.12 bits per heavy atom. The van der Waals surface area contributed by atoms with E-state index in [4.69, 9.17) is 34.8 Å². The average Bonchev–Trinajstić information content (AvgIpc) is 2.56. The van der Waals surface area contributed by atoms with E-state index < -0.39 is 27.8 Å². The van der Waals surface area contributed by atoms with Gasteiger partial charge in [0.1, 0.15) is 11.9 Å². The first-order valence-corrected chi connectivity index (χ1v) is 9.99. The molecule has 1 amide bonds. The number of hydrogen-bond donors (Lipinski definition) is 2. The molecule has 0 aromatic heterocycles. The number of amides is 1. The molecule has 5 nitrogen and oxygen atoms in total. The number of carbonyl (C=O) groups is 1. The van der Waals surface area contributed by atoms with Crippen LogP contribution in [0.3, 0.4) is 0 Å². The summed E-state index contributed by atoms with van der Waals surface area (Å²) in [6, 6.07) is 5.95. The maximum atomic E-state index is 13.0. The summed E-state index contributed by atoms with van der Waals surface area (Å²) in [4.78, 5) is 12.3. The number of sulfonamides is 1. The summed E-state index contributed by atoms with van der Waals surface area (Å²) < 4.78 is 40.0. The first-order chi connectivity index (χ1) is 12.1. The summed E-state index contributed by atoms with van der Waals surface area (Å²) >= 11 is 17.8. The van der Waals surface area contributed by atoms with Crippen molar-refractivity contribution in [2.75, 3.05) is 5.32 Å². The standard InChI is InChI=1S/C16H14Cl3FN2O3S/c1-2-14(22-26(24,25)11-5-3-10(20)4-6-11)16(23)21-15-12(18)7-9(17)8-13(15)19/h3-8,14,22H,2H2,1H3,(H,21,23). The van der Waals surface area contributed by atoms with Crippen LogP contribution >= 0.6 is 34.8 Å². The van der Waals surface area contributed by atoms with Crippen LogP contribution in [0.15, 0.2) is 41.3 Å². The molecule has 0 fully saturated rings. The van der Waals surface area contributed by atoms with Crippen molar-refractivity contribution in [3.63, 3.8) is 0 Å². The first kappa shape index (κ1) is 20.9. The van der Waals surface area contributed by atoms with Crippen molar-refractivity contribution < 1.29 is 17.6 Å². The van der Waals surface area contributed by atoms with Crippen LogP contribution < -0.4 is 10.0 Å². The van der Waals surface area contributed by atoms with Crippen molar-refractivity contribution in [1.82, 2.24) is 4.72 Å². The Kier molecular flexibility index (Phi) is 6.87. The number of nitrogens with one attached hydrogen (secondary N) is 2. The lowest BCUT2D eigenvalue weighted by molar-refractivity contribution is -0.117. The molecule has 0 aliphatic rings. The Morgan fingerprint density at radius 2 is 1.65 bits per heavy atom. The van der Waals surface area contributed by atoms with E-state index in [9.17, 15) is 17.6 Å². The minimum absolute atomic E-state index is 0.118. The molecule has 2 rings (SSSR count). The summed E-state index contributed by atoms with van der Waals surface area (Å²) in [7, 11) is -4.02. The van der Waals surface area contributed by atoms with E-state index in [2.05, 4.69) is 10.0 Å². The molecule has 0 aliphatic heterocycles. The SMILES string of the molecule is CCC(NS(=O)(=O)c1ccc(F)cc1)C(=O)Nc1c(Cl)cc(Cl)cc1Cl. The fourth-order valence-electron chi connectivity index (χ4n) is 2.06. The Bertz CT molecular complexity index is 898. The zero-order chi connectivity index (χ0) is 19.5. The average molecular weight is 440 g/mol. The number of hydrogen-bond acceptors (Lipinski definition) is 3. The van der Waals surface area contributed by atoms with Crippen LogP contribution in [0.4, 0.5) is 10.1 Å². The summed E-state index contributed by atoms with van der Waals surface area (Å²) in [6.07, 6.45) is 0.162. The smallest absolute Gasteiger partial charge is 0.242 e. The number of carbonyl (C=O) groups excluding carboxylic acids is 1. The van der Waals surface area contributed by atoms with Crippen LogP contribution in [-0.4, -0.2) is 20.4 Å². The molecule has 0 heterocycles. The van der Waals surface area contributed by atoms with Crippen LogP contribution in [0.25, 0.3) is 0 Å². The van der Waals surface area contributed by atoms with Gasteiger partial charge in [0.15, 0.2) is 0 Å². The minimum atomic E-state index is -4.02. The number of anilines is 1. The van der Waals surface area contributed by atoms with Crippen molar-refractivity contribution in [3.8, 4) is 0 Å². The molecule has 1 unspecified atom stereocenters. The van der Waals surface area contributed by atoms with Gasteiger partial charge in [-0.2, -0.15) is 4.72 Å². The van der Waals surface area contributed by atoms with E-state index in [0.29, 0.717) is 5.02 Å². The number of rotatable bonds is 6. The zero-order valence-electron chi connectivity index (χ0n) is 13.4. The van der Waals surface area contributed by atoms with E-state index in [0.717, 1.165) is 24.3 Å². The van der Waals surface area contributed by atoms with Gasteiger partial charge in [-0.05, 0) is 42.8 Å². The highest BCUT2D eigenvalue weighted by molar-refractivity contribution is 7.89. The Labute approximate surface area is 165 Å². The third-order valence-electron chi connectivity index (χ3n) is 3.40. The second kappa shape index (κ2) is 8.54. The molecule has 0 spiro atoms. The number of halogens is 4. The van der Waals surface area contributed by atoms with Crippen molar-refractivity contribution in [3.05, 3.63) is 57.3 Å². The van der Waals surface area contributed by atoms with E-state index in [1.807, 2.05) is 0 Å². The molecule has 26 heavy (non-hydrogen) atoms. The predicted octanol–water partition coefficient (Wildman–Crippen LogP) is 4.48. The third kappa shape index (κ3) is 5.08. The van der Waals surface area contributed by atoms with Gasteiger partial charge in [0.05, 0.1) is 20.6 Å². The van der Waals surface area contributed by atoms with Crippen molar-refractivity contribution >= 4 is 56.4 Å². The second-order valence-corrected chi connectivity index (χ2v) is 8.23. The van der Waals surface area contributed by atoms with E-state index >= 15 is 0 Å². The Balaban J connectivity index is 2.20. The van der Waals surface area contributed by atoms with Crippen LogP contribution in [0.2, 0.25) is 15.1 Å². The quantitative estimate of drug-likeness (QED) is 0.697. The van der Waals surface area contributed by atoms with Gasteiger partial charge in [-0.1, -0.05) is 41.7 Å². The molecule has 0 saturated heterocycles. The highest BCUT2D eigenvalue weighted by atomic mass is 35.5. The molecule has 0 bridgehead atoms. The van der Waals surface area contributed by atoms with Gasteiger partial charge in [-0.15, -0.1) is 0 Å². The molecule has 140 valence electrons. The summed E-state index contributed by atoms with van der Waals surface area (Å²) in [5.74, 6) is -1.22. The van der Waals surface area contributed by atoms with Crippen LogP contribution in [0.5, 0.6) is 0 Å². The largest absolute Gasteiger partial charge is 0.322 e. The van der Waals surface area contributed by atoms with Gasteiger partial charge in [0.2, 0.25) is 15.9 Å². The molecule has 0 saturated carbocycles. The van der Waals surface area contributed by atoms with Crippen LogP contribution in [0.1, 0.15) is 13.3 Å². The van der Waals surface area contributed by atoms with Gasteiger partial charge >= 0.3 is 0 Å². The Morgan fingerprint density at radius 3 is 2.15 bits per heavy atom. The molecule has 1 atom stereocenters. The maximum Gasteiger partial charge on any atom is 0.242 e. The fraction of sp³-hybridized carbons (Fsp3) is 0.188. The van der Waals surface area contributed by atoms with Crippen LogP contribution in [0, 0.1) is 5.82 Å². The van der Waals surface area contributed by atoms with Crippen molar-refractivity contribution in [2.45, 2.75) is 24.3 Å². The first-order valence-electron chi connectivity index (χ1n) is 7.37. The van der Waals surface area contributed by atoms with Gasteiger partial charge in [0, 0.05) is 5.02 Å². The molecule has 2 aromatic rings. The lowest BCUT2D eigenvalue weighted by Crippen LogP contribution is -2.43. The van der Waals surface area contributed by atoms with E-state index in [-0.39, 0.29) is 27.0 Å². The topological polar surface area (TPSA) is 75.3 Å². The fourth-order valence-corrected chi connectivity index (χ4v) is 4.25. The molecular formula is C16H14Cl3FN2O3S. The third-order valence-corrected chi connectivity index (χ3v) is 5.70. The van der Waals surface area contributed by atoms with Gasteiger partial charge in [0.25, 0.3) is 0 Å². The molecule has 0 radical (unpaired) electrons. The van der Waals surface area contributed by atoms with Crippen LogP contribution in [-0.2, 0) is 14.8 Å². The number of benzene rings is 2. The lowest BCUT2D eigenvalue weighted by Gasteiger charge is -2.18. The summed E-state index contributed by atoms with van der Waals surface area (Å²) in [5.41, 5.74) is 0.127. The van der Waals surface area contributed by atoms with E-state index in [1.54, 1.807) is 6.92 Å². The Hall–Kier alpha value is -1.38. The highest BCUT2D eigenvalue weighted by Crippen LogP contribution is 2.33. The highest BCUT2D eigenvalue weighted by Gasteiger charge is 2.25.